The molecular weight excluding hydrogens is 450 g/mol. The van der Waals surface area contributed by atoms with Gasteiger partial charge in [-0.15, -0.1) is 0 Å². The highest BCUT2D eigenvalue weighted by molar-refractivity contribution is 5.94. The number of carbonyl (C=O) groups is 2. The minimum absolute atomic E-state index is 0.164. The number of aromatic nitrogens is 5. The molecule has 0 spiro atoms. The number of H-pyrrole nitrogens is 1. The molecular formula is C24H25N7O4. The molecule has 4 aromatic rings. The van der Waals surface area contributed by atoms with Gasteiger partial charge in [0, 0.05) is 55.9 Å². The Balaban J connectivity index is 1.38. The lowest BCUT2D eigenvalue weighted by atomic mass is 10.1. The number of imidazole rings is 1. The van der Waals surface area contributed by atoms with Crippen molar-refractivity contribution in [2.75, 3.05) is 33.9 Å². The van der Waals surface area contributed by atoms with Crippen LogP contribution in [0.2, 0.25) is 0 Å². The van der Waals surface area contributed by atoms with E-state index in [-0.39, 0.29) is 17.9 Å². The van der Waals surface area contributed by atoms with Gasteiger partial charge >= 0.3 is 0 Å². The molecule has 3 aromatic heterocycles. The topological polar surface area (TPSA) is 118 Å². The Morgan fingerprint density at radius 1 is 1.00 bits per heavy atom. The predicted molar refractivity (Wildman–Crippen MR) is 127 cm³/mol. The molecule has 1 aliphatic heterocycles. The first-order chi connectivity index (χ1) is 17.0. The second-order valence-corrected chi connectivity index (χ2v) is 8.24. The van der Waals surface area contributed by atoms with E-state index in [1.807, 2.05) is 31.2 Å². The molecule has 11 nitrogen and oxygen atoms in total. The number of nitrogens with zero attached hydrogens (tertiary/aromatic N) is 6. The third-order valence-corrected chi connectivity index (χ3v) is 6.13. The van der Waals surface area contributed by atoms with Crippen LogP contribution in [0.15, 0.2) is 48.9 Å². The van der Waals surface area contributed by atoms with Crippen LogP contribution in [-0.4, -0.2) is 86.1 Å². The molecule has 5 rings (SSSR count). The summed E-state index contributed by atoms with van der Waals surface area (Å²) in [5.41, 5.74) is 2.46. The second kappa shape index (κ2) is 9.09. The van der Waals surface area contributed by atoms with Gasteiger partial charge in [0.05, 0.1) is 19.9 Å². The number of benzene rings is 1. The van der Waals surface area contributed by atoms with Gasteiger partial charge in [-0.05, 0) is 31.2 Å². The van der Waals surface area contributed by atoms with Gasteiger partial charge in [0.15, 0.2) is 28.7 Å². The Morgan fingerprint density at radius 3 is 2.54 bits per heavy atom. The summed E-state index contributed by atoms with van der Waals surface area (Å²) >= 11 is 0. The SMILES string of the molecule is COc1ccc(-c2ccnc3cc(C(=O)N4CCN(C(=O)c5ncc[nH]5)[C@@H](C)C4)nn23)cc1OC. The number of aromatic amines is 1. The molecule has 0 saturated carbocycles. The first kappa shape index (κ1) is 22.4. The number of amides is 2. The normalized spacial score (nSPS) is 15.9. The van der Waals surface area contributed by atoms with Gasteiger partial charge in [0.2, 0.25) is 0 Å². The lowest BCUT2D eigenvalue weighted by molar-refractivity contribution is 0.0405. The number of carbonyl (C=O) groups excluding carboxylic acids is 2. The van der Waals surface area contributed by atoms with E-state index in [0.717, 1.165) is 11.3 Å². The van der Waals surface area contributed by atoms with Gasteiger partial charge in [0.1, 0.15) is 0 Å². The maximum atomic E-state index is 13.3. The van der Waals surface area contributed by atoms with Crippen LogP contribution in [0.3, 0.4) is 0 Å². The van der Waals surface area contributed by atoms with Crippen LogP contribution in [0, 0.1) is 0 Å². The van der Waals surface area contributed by atoms with Crippen molar-refractivity contribution in [3.05, 3.63) is 60.4 Å². The molecule has 180 valence electrons. The molecule has 1 saturated heterocycles. The van der Waals surface area contributed by atoms with Gasteiger partial charge in [-0.1, -0.05) is 0 Å². The lowest BCUT2D eigenvalue weighted by Gasteiger charge is -2.39. The second-order valence-electron chi connectivity index (χ2n) is 8.24. The van der Waals surface area contributed by atoms with Crippen LogP contribution in [-0.2, 0) is 0 Å². The van der Waals surface area contributed by atoms with Crippen LogP contribution in [0.1, 0.15) is 28.0 Å². The number of rotatable bonds is 5. The zero-order valence-electron chi connectivity index (χ0n) is 19.6. The monoisotopic (exact) mass is 475 g/mol. The highest BCUT2D eigenvalue weighted by Crippen LogP contribution is 2.32. The largest absolute Gasteiger partial charge is 0.493 e. The molecule has 0 radical (unpaired) electrons. The molecule has 0 aliphatic carbocycles. The molecule has 0 bridgehead atoms. The first-order valence-corrected chi connectivity index (χ1v) is 11.2. The van der Waals surface area contributed by atoms with Crippen LogP contribution in [0.5, 0.6) is 11.5 Å². The molecule has 1 N–H and O–H groups in total. The first-order valence-electron chi connectivity index (χ1n) is 11.2. The van der Waals surface area contributed by atoms with Crippen molar-refractivity contribution in [3.8, 4) is 22.8 Å². The fourth-order valence-electron chi connectivity index (χ4n) is 4.34. The summed E-state index contributed by atoms with van der Waals surface area (Å²) in [6.45, 7) is 3.13. The van der Waals surface area contributed by atoms with Gasteiger partial charge < -0.3 is 24.3 Å². The molecule has 2 amide bonds. The van der Waals surface area contributed by atoms with Crippen molar-refractivity contribution in [1.82, 2.24) is 34.4 Å². The van der Waals surface area contributed by atoms with Crippen molar-refractivity contribution in [2.24, 2.45) is 0 Å². The highest BCUT2D eigenvalue weighted by atomic mass is 16.5. The summed E-state index contributed by atoms with van der Waals surface area (Å²) in [6, 6.07) is 8.92. The summed E-state index contributed by atoms with van der Waals surface area (Å²) in [5.74, 6) is 1.13. The van der Waals surface area contributed by atoms with E-state index in [2.05, 4.69) is 20.1 Å². The van der Waals surface area contributed by atoms with Crippen LogP contribution < -0.4 is 9.47 Å². The molecule has 11 heteroatoms. The van der Waals surface area contributed by atoms with E-state index in [0.29, 0.717) is 48.3 Å². The highest BCUT2D eigenvalue weighted by Gasteiger charge is 2.32. The fourth-order valence-corrected chi connectivity index (χ4v) is 4.34. The third-order valence-electron chi connectivity index (χ3n) is 6.13. The van der Waals surface area contributed by atoms with Crippen LogP contribution in [0.4, 0.5) is 0 Å². The Morgan fingerprint density at radius 2 is 1.83 bits per heavy atom. The minimum Gasteiger partial charge on any atom is -0.493 e. The molecule has 1 aromatic carbocycles. The fraction of sp³-hybridized carbons (Fsp3) is 0.292. The summed E-state index contributed by atoms with van der Waals surface area (Å²) in [7, 11) is 3.17. The van der Waals surface area contributed by atoms with E-state index >= 15 is 0 Å². The van der Waals surface area contributed by atoms with Crippen LogP contribution >= 0.6 is 0 Å². The van der Waals surface area contributed by atoms with Crippen molar-refractivity contribution >= 4 is 17.5 Å². The van der Waals surface area contributed by atoms with E-state index < -0.39 is 0 Å². The molecule has 4 heterocycles. The van der Waals surface area contributed by atoms with Gasteiger partial charge in [-0.3, -0.25) is 9.59 Å². The smallest absolute Gasteiger partial charge is 0.290 e. The number of hydrogen-bond acceptors (Lipinski definition) is 7. The maximum absolute atomic E-state index is 13.3. The number of fused-ring (bicyclic) bond motifs is 1. The predicted octanol–water partition coefficient (Wildman–Crippen LogP) is 2.12. The quantitative estimate of drug-likeness (QED) is 0.470. The number of hydrogen-bond donors (Lipinski definition) is 1. The molecule has 1 atom stereocenters. The van der Waals surface area contributed by atoms with E-state index in [1.54, 1.807) is 53.2 Å². The van der Waals surface area contributed by atoms with E-state index in [9.17, 15) is 9.59 Å². The molecule has 0 unspecified atom stereocenters. The number of nitrogens with one attached hydrogen (secondary N) is 1. The Bertz CT molecular complexity index is 1380. The van der Waals surface area contributed by atoms with Crippen molar-refractivity contribution in [3.63, 3.8) is 0 Å². The Kier molecular flexibility index (Phi) is 5.81. The molecule has 35 heavy (non-hydrogen) atoms. The zero-order valence-corrected chi connectivity index (χ0v) is 19.6. The summed E-state index contributed by atoms with van der Waals surface area (Å²) in [4.78, 5) is 40.7. The number of methoxy groups -OCH3 is 2. The minimum atomic E-state index is -0.203. The van der Waals surface area contributed by atoms with Gasteiger partial charge in [0.25, 0.3) is 11.8 Å². The van der Waals surface area contributed by atoms with Crippen LogP contribution in [0.25, 0.3) is 16.9 Å². The Hall–Kier alpha value is -4.41. The van der Waals surface area contributed by atoms with E-state index in [4.69, 9.17) is 9.47 Å². The maximum Gasteiger partial charge on any atom is 0.290 e. The molecule has 1 aliphatic rings. The number of ether oxygens (including phenoxy) is 2. The van der Waals surface area contributed by atoms with Crippen molar-refractivity contribution < 1.29 is 19.1 Å². The third kappa shape index (κ3) is 4.05. The summed E-state index contributed by atoms with van der Waals surface area (Å²) in [5, 5.41) is 4.58. The standard InChI is InChI=1S/C24H25N7O4/c1-15-14-29(10-11-30(15)24(33)22-26-8-9-27-22)23(32)17-13-21-25-7-6-18(31(21)28-17)16-4-5-19(34-2)20(12-16)35-3/h4-9,12-13,15H,10-11,14H2,1-3H3,(H,26,27)/t15-/m0/s1. The Labute approximate surface area is 201 Å². The zero-order chi connectivity index (χ0) is 24.5. The summed E-state index contributed by atoms with van der Waals surface area (Å²) in [6.07, 6.45) is 4.84. The lowest BCUT2D eigenvalue weighted by Crippen LogP contribution is -2.55. The van der Waals surface area contributed by atoms with Gasteiger partial charge in [-0.25, -0.2) is 14.5 Å². The number of piperazine rings is 1. The van der Waals surface area contributed by atoms with Crippen molar-refractivity contribution in [1.29, 1.82) is 0 Å². The average molecular weight is 476 g/mol. The average Bonchev–Trinajstić information content (AvgIpc) is 3.57. The van der Waals surface area contributed by atoms with E-state index in [1.165, 1.54) is 0 Å². The summed E-state index contributed by atoms with van der Waals surface area (Å²) < 4.78 is 12.4. The van der Waals surface area contributed by atoms with Crippen molar-refractivity contribution in [2.45, 2.75) is 13.0 Å². The van der Waals surface area contributed by atoms with Gasteiger partial charge in [-0.2, -0.15) is 5.10 Å². The molecule has 1 fully saturated rings.